The van der Waals surface area contributed by atoms with Crippen LogP contribution in [0.1, 0.15) is 42.8 Å². The topological polar surface area (TPSA) is 58.4 Å². The Bertz CT molecular complexity index is 665. The maximum absolute atomic E-state index is 12.6. The van der Waals surface area contributed by atoms with Crippen molar-refractivity contribution in [2.45, 2.75) is 39.2 Å². The van der Waals surface area contributed by atoms with Crippen LogP contribution in [0, 0.1) is 6.92 Å². The van der Waals surface area contributed by atoms with Gasteiger partial charge in [-0.2, -0.15) is 0 Å². The number of para-hydroxylation sites is 1. The molecule has 1 aromatic carbocycles. The Labute approximate surface area is 130 Å². The van der Waals surface area contributed by atoms with Crippen LogP contribution in [0.15, 0.2) is 34.9 Å². The molecule has 1 N–H and O–H groups in total. The molecule has 3 rings (SSSR count). The van der Waals surface area contributed by atoms with E-state index in [0.717, 1.165) is 48.5 Å². The molecule has 1 aliphatic rings. The largest absolute Gasteiger partial charge is 0.359 e. The fourth-order valence-corrected chi connectivity index (χ4v) is 2.98. The van der Waals surface area contributed by atoms with Gasteiger partial charge in [0.2, 0.25) is 0 Å². The standard InChI is InChI=1S/C17H21N3O2/c1-3-13-7-4-5-8-14(13)18-17(21)20-10-6-9-15(20)16-11-12(2)19-22-16/h4-5,7-8,11,15H,3,6,9-10H2,1-2H3,(H,18,21)/t15-/m0/s1. The van der Waals surface area contributed by atoms with Crippen LogP contribution in [0.2, 0.25) is 0 Å². The van der Waals surface area contributed by atoms with Crippen LogP contribution in [-0.2, 0) is 6.42 Å². The molecule has 1 aromatic heterocycles. The van der Waals surface area contributed by atoms with Crippen molar-refractivity contribution in [2.24, 2.45) is 0 Å². The number of amides is 2. The lowest BCUT2D eigenvalue weighted by molar-refractivity contribution is 0.195. The molecule has 1 atom stereocenters. The van der Waals surface area contributed by atoms with Crippen LogP contribution in [0.4, 0.5) is 10.5 Å². The Morgan fingerprint density at radius 2 is 2.27 bits per heavy atom. The van der Waals surface area contributed by atoms with E-state index >= 15 is 0 Å². The SMILES string of the molecule is CCc1ccccc1NC(=O)N1CCC[C@H]1c1cc(C)no1. The Hall–Kier alpha value is -2.30. The van der Waals surface area contributed by atoms with Gasteiger partial charge in [0.05, 0.1) is 11.7 Å². The van der Waals surface area contributed by atoms with Crippen molar-refractivity contribution in [1.29, 1.82) is 0 Å². The van der Waals surface area contributed by atoms with Gasteiger partial charge in [0.15, 0.2) is 5.76 Å². The molecule has 1 saturated heterocycles. The van der Waals surface area contributed by atoms with E-state index in [1.54, 1.807) is 0 Å². The van der Waals surface area contributed by atoms with Gasteiger partial charge in [-0.15, -0.1) is 0 Å². The van der Waals surface area contributed by atoms with Crippen molar-refractivity contribution in [3.63, 3.8) is 0 Å². The minimum Gasteiger partial charge on any atom is -0.359 e. The Balaban J connectivity index is 1.76. The maximum atomic E-state index is 12.6. The van der Waals surface area contributed by atoms with Gasteiger partial charge < -0.3 is 14.7 Å². The number of aromatic nitrogens is 1. The zero-order valence-corrected chi connectivity index (χ0v) is 13.0. The minimum atomic E-state index is -0.0718. The molecule has 116 valence electrons. The number of anilines is 1. The van der Waals surface area contributed by atoms with Gasteiger partial charge in [-0.1, -0.05) is 30.3 Å². The molecule has 1 aliphatic heterocycles. The number of likely N-dealkylation sites (tertiary alicyclic amines) is 1. The number of urea groups is 1. The zero-order valence-electron chi connectivity index (χ0n) is 13.0. The number of aryl methyl sites for hydroxylation is 2. The van der Waals surface area contributed by atoms with Crippen molar-refractivity contribution in [3.05, 3.63) is 47.3 Å². The van der Waals surface area contributed by atoms with E-state index in [-0.39, 0.29) is 12.1 Å². The second kappa shape index (κ2) is 6.22. The third-order valence-corrected chi connectivity index (χ3v) is 4.13. The molecule has 0 bridgehead atoms. The summed E-state index contributed by atoms with van der Waals surface area (Å²) in [6.45, 7) is 4.72. The third kappa shape index (κ3) is 2.84. The Morgan fingerprint density at radius 3 is 3.00 bits per heavy atom. The molecule has 2 amide bonds. The van der Waals surface area contributed by atoms with Gasteiger partial charge in [-0.25, -0.2) is 4.79 Å². The van der Waals surface area contributed by atoms with Gasteiger partial charge in [0.1, 0.15) is 0 Å². The van der Waals surface area contributed by atoms with E-state index in [4.69, 9.17) is 4.52 Å². The van der Waals surface area contributed by atoms with Crippen LogP contribution in [0.25, 0.3) is 0 Å². The molecule has 2 heterocycles. The van der Waals surface area contributed by atoms with Gasteiger partial charge in [0, 0.05) is 18.3 Å². The monoisotopic (exact) mass is 299 g/mol. The summed E-state index contributed by atoms with van der Waals surface area (Å²) in [5.41, 5.74) is 2.87. The molecule has 0 aliphatic carbocycles. The number of nitrogens with one attached hydrogen (secondary N) is 1. The second-order valence-corrected chi connectivity index (χ2v) is 5.66. The summed E-state index contributed by atoms with van der Waals surface area (Å²) in [6, 6.07) is 9.74. The lowest BCUT2D eigenvalue weighted by Crippen LogP contribution is -2.34. The molecule has 1 fully saturated rings. The normalized spacial score (nSPS) is 17.7. The average Bonchev–Trinajstić information content (AvgIpc) is 3.16. The first-order valence-electron chi connectivity index (χ1n) is 7.77. The highest BCUT2D eigenvalue weighted by Gasteiger charge is 2.32. The summed E-state index contributed by atoms with van der Waals surface area (Å²) in [5, 5.41) is 6.97. The molecular formula is C17H21N3O2. The maximum Gasteiger partial charge on any atom is 0.322 e. The highest BCUT2D eigenvalue weighted by atomic mass is 16.5. The van der Waals surface area contributed by atoms with Gasteiger partial charge >= 0.3 is 6.03 Å². The first-order chi connectivity index (χ1) is 10.7. The first-order valence-corrected chi connectivity index (χ1v) is 7.77. The number of nitrogens with zero attached hydrogens (tertiary/aromatic N) is 2. The van der Waals surface area contributed by atoms with Gasteiger partial charge in [-0.3, -0.25) is 0 Å². The fourth-order valence-electron chi connectivity index (χ4n) is 2.98. The average molecular weight is 299 g/mol. The molecule has 2 aromatic rings. The van der Waals surface area contributed by atoms with Crippen molar-refractivity contribution in [1.82, 2.24) is 10.1 Å². The summed E-state index contributed by atoms with van der Waals surface area (Å²) in [7, 11) is 0. The van der Waals surface area contributed by atoms with Crippen LogP contribution >= 0.6 is 0 Å². The number of rotatable bonds is 3. The fraction of sp³-hybridized carbons (Fsp3) is 0.412. The van der Waals surface area contributed by atoms with Crippen molar-refractivity contribution >= 4 is 11.7 Å². The summed E-state index contributed by atoms with van der Waals surface area (Å²) in [6.07, 6.45) is 2.78. The van der Waals surface area contributed by atoms with E-state index in [9.17, 15) is 4.79 Å². The van der Waals surface area contributed by atoms with E-state index in [1.165, 1.54) is 0 Å². The molecule has 22 heavy (non-hydrogen) atoms. The highest BCUT2D eigenvalue weighted by molar-refractivity contribution is 5.90. The number of carbonyl (C=O) groups is 1. The predicted octanol–water partition coefficient (Wildman–Crippen LogP) is 3.91. The Morgan fingerprint density at radius 1 is 1.45 bits per heavy atom. The van der Waals surface area contributed by atoms with Crippen molar-refractivity contribution in [2.75, 3.05) is 11.9 Å². The summed E-state index contributed by atoms with van der Waals surface area (Å²) < 4.78 is 5.35. The molecule has 5 nitrogen and oxygen atoms in total. The van der Waals surface area contributed by atoms with Crippen molar-refractivity contribution < 1.29 is 9.32 Å². The minimum absolute atomic E-state index is 0.0185. The van der Waals surface area contributed by atoms with E-state index in [1.807, 2.05) is 42.2 Å². The van der Waals surface area contributed by atoms with E-state index in [0.29, 0.717) is 0 Å². The smallest absolute Gasteiger partial charge is 0.322 e. The van der Waals surface area contributed by atoms with Gasteiger partial charge in [-0.05, 0) is 37.8 Å². The molecule has 5 heteroatoms. The van der Waals surface area contributed by atoms with Crippen molar-refractivity contribution in [3.8, 4) is 0 Å². The summed E-state index contributed by atoms with van der Waals surface area (Å²) in [5.74, 6) is 0.772. The lowest BCUT2D eigenvalue weighted by atomic mass is 10.1. The van der Waals surface area contributed by atoms with Gasteiger partial charge in [0.25, 0.3) is 0 Å². The second-order valence-electron chi connectivity index (χ2n) is 5.66. The highest BCUT2D eigenvalue weighted by Crippen LogP contribution is 2.32. The van der Waals surface area contributed by atoms with E-state index in [2.05, 4.69) is 17.4 Å². The zero-order chi connectivity index (χ0) is 15.5. The molecule has 0 radical (unpaired) electrons. The van der Waals surface area contributed by atoms with Crippen LogP contribution in [0.5, 0.6) is 0 Å². The van der Waals surface area contributed by atoms with E-state index < -0.39 is 0 Å². The number of benzene rings is 1. The van der Waals surface area contributed by atoms with Crippen LogP contribution in [-0.4, -0.2) is 22.6 Å². The molecular weight excluding hydrogens is 278 g/mol. The predicted molar refractivity (Wildman–Crippen MR) is 84.8 cm³/mol. The molecule has 0 saturated carbocycles. The quantitative estimate of drug-likeness (QED) is 0.934. The molecule has 0 spiro atoms. The number of hydrogen-bond donors (Lipinski definition) is 1. The summed E-state index contributed by atoms with van der Waals surface area (Å²) in [4.78, 5) is 14.5. The van der Waals surface area contributed by atoms with Crippen LogP contribution < -0.4 is 5.32 Å². The first kappa shape index (κ1) is 14.6. The molecule has 0 unspecified atom stereocenters. The Kier molecular flexibility index (Phi) is 4.13. The summed E-state index contributed by atoms with van der Waals surface area (Å²) >= 11 is 0. The number of hydrogen-bond acceptors (Lipinski definition) is 3. The van der Waals surface area contributed by atoms with Crippen LogP contribution in [0.3, 0.4) is 0 Å². The third-order valence-electron chi connectivity index (χ3n) is 4.13. The lowest BCUT2D eigenvalue weighted by Gasteiger charge is -2.23. The number of carbonyl (C=O) groups excluding carboxylic acids is 1.